The minimum atomic E-state index is 0.0274. The number of pyridine rings is 1. The average Bonchev–Trinajstić information content (AvgIpc) is 3.07. The molecule has 1 aromatic heterocycles. The molecule has 2 heterocycles. The van der Waals surface area contributed by atoms with Crippen LogP contribution in [0.1, 0.15) is 35.2 Å². The first-order valence-electron chi connectivity index (χ1n) is 8.58. The predicted octanol–water partition coefficient (Wildman–Crippen LogP) is 3.81. The molecule has 1 aromatic carbocycles. The van der Waals surface area contributed by atoms with Crippen molar-refractivity contribution >= 4 is 17.4 Å². The van der Waals surface area contributed by atoms with Crippen molar-refractivity contribution in [1.29, 1.82) is 0 Å². The second kappa shape index (κ2) is 6.48. The fourth-order valence-corrected chi connectivity index (χ4v) is 3.44. The molecular formula is C20H21N3O. The van der Waals surface area contributed by atoms with E-state index in [-0.39, 0.29) is 5.91 Å². The first kappa shape index (κ1) is 14.9. The van der Waals surface area contributed by atoms with Crippen molar-refractivity contribution in [3.63, 3.8) is 0 Å². The van der Waals surface area contributed by atoms with Crippen molar-refractivity contribution in [3.05, 3.63) is 65.9 Å². The van der Waals surface area contributed by atoms with E-state index in [1.165, 1.54) is 5.56 Å². The Morgan fingerprint density at radius 1 is 1.17 bits per heavy atom. The number of hydrogen-bond donors (Lipinski definition) is 1. The van der Waals surface area contributed by atoms with Crippen LogP contribution in [-0.2, 0) is 6.42 Å². The molecule has 1 amide bonds. The Labute approximate surface area is 142 Å². The minimum Gasteiger partial charge on any atom is -0.367 e. The molecule has 2 aliphatic rings. The maximum atomic E-state index is 12.8. The van der Waals surface area contributed by atoms with E-state index in [1.807, 2.05) is 35.2 Å². The zero-order chi connectivity index (χ0) is 16.4. The number of carbonyl (C=O) groups is 1. The summed E-state index contributed by atoms with van der Waals surface area (Å²) in [5.41, 5.74) is 2.90. The van der Waals surface area contributed by atoms with E-state index in [0.29, 0.717) is 11.6 Å². The SMILES string of the molecule is O=C(c1ccc(NC2CC=CCC2)nc1)N1CCc2ccccc21. The van der Waals surface area contributed by atoms with Crippen molar-refractivity contribution in [2.24, 2.45) is 0 Å². The molecule has 0 fully saturated rings. The van der Waals surface area contributed by atoms with E-state index < -0.39 is 0 Å². The summed E-state index contributed by atoms with van der Waals surface area (Å²) in [5.74, 6) is 0.869. The molecule has 4 nitrogen and oxygen atoms in total. The van der Waals surface area contributed by atoms with Crippen LogP contribution in [0.2, 0.25) is 0 Å². The highest BCUT2D eigenvalue weighted by atomic mass is 16.2. The van der Waals surface area contributed by atoms with Crippen LogP contribution in [-0.4, -0.2) is 23.5 Å². The number of hydrogen-bond acceptors (Lipinski definition) is 3. The average molecular weight is 319 g/mol. The number of nitrogens with one attached hydrogen (secondary N) is 1. The molecule has 0 bridgehead atoms. The highest BCUT2D eigenvalue weighted by Gasteiger charge is 2.25. The lowest BCUT2D eigenvalue weighted by Gasteiger charge is -2.20. The number of rotatable bonds is 3. The van der Waals surface area contributed by atoms with E-state index in [4.69, 9.17) is 0 Å². The molecule has 4 heteroatoms. The van der Waals surface area contributed by atoms with Crippen LogP contribution in [0.25, 0.3) is 0 Å². The van der Waals surface area contributed by atoms with Gasteiger partial charge in [0.1, 0.15) is 5.82 Å². The molecule has 2 aromatic rings. The first-order chi connectivity index (χ1) is 11.8. The highest BCUT2D eigenvalue weighted by molar-refractivity contribution is 6.07. The molecule has 0 saturated carbocycles. The summed E-state index contributed by atoms with van der Waals surface area (Å²) in [7, 11) is 0. The molecule has 1 atom stereocenters. The van der Waals surface area contributed by atoms with Gasteiger partial charge >= 0.3 is 0 Å². The Morgan fingerprint density at radius 2 is 2.08 bits per heavy atom. The van der Waals surface area contributed by atoms with E-state index >= 15 is 0 Å². The summed E-state index contributed by atoms with van der Waals surface area (Å²) in [6, 6.07) is 12.3. The fourth-order valence-electron chi connectivity index (χ4n) is 3.44. The molecule has 0 radical (unpaired) electrons. The number of para-hydroxylation sites is 1. The number of fused-ring (bicyclic) bond motifs is 1. The summed E-state index contributed by atoms with van der Waals surface area (Å²) in [6.45, 7) is 0.743. The van der Waals surface area contributed by atoms with Gasteiger partial charge in [-0.1, -0.05) is 30.4 Å². The smallest absolute Gasteiger partial charge is 0.259 e. The van der Waals surface area contributed by atoms with Crippen LogP contribution in [0.15, 0.2) is 54.7 Å². The van der Waals surface area contributed by atoms with Gasteiger partial charge in [0, 0.05) is 24.5 Å². The second-order valence-corrected chi connectivity index (χ2v) is 6.39. The predicted molar refractivity (Wildman–Crippen MR) is 96.5 cm³/mol. The van der Waals surface area contributed by atoms with Crippen LogP contribution < -0.4 is 10.2 Å². The maximum absolute atomic E-state index is 12.8. The molecule has 1 aliphatic carbocycles. The van der Waals surface area contributed by atoms with E-state index in [2.05, 4.69) is 28.5 Å². The summed E-state index contributed by atoms with van der Waals surface area (Å²) in [4.78, 5) is 19.1. The Bertz CT molecular complexity index is 767. The van der Waals surface area contributed by atoms with Crippen molar-refractivity contribution in [2.75, 3.05) is 16.8 Å². The number of nitrogens with zero attached hydrogens (tertiary/aromatic N) is 2. The molecule has 0 saturated heterocycles. The standard InChI is InChI=1S/C20H21N3O/c24-20(23-13-12-15-6-4-5-9-18(15)23)16-10-11-19(21-14-16)22-17-7-2-1-3-8-17/h1-2,4-6,9-11,14,17H,3,7-8,12-13H2,(H,21,22). The molecule has 1 unspecified atom stereocenters. The van der Waals surface area contributed by atoms with Gasteiger partial charge in [0.15, 0.2) is 0 Å². The van der Waals surface area contributed by atoms with Gasteiger partial charge in [0.2, 0.25) is 0 Å². The van der Waals surface area contributed by atoms with Gasteiger partial charge in [0.25, 0.3) is 5.91 Å². The minimum absolute atomic E-state index is 0.0274. The van der Waals surface area contributed by atoms with Crippen LogP contribution in [0.4, 0.5) is 11.5 Å². The Hall–Kier alpha value is -2.62. The third-order valence-corrected chi connectivity index (χ3v) is 4.76. The maximum Gasteiger partial charge on any atom is 0.259 e. The van der Waals surface area contributed by atoms with Gasteiger partial charge in [-0.25, -0.2) is 4.98 Å². The van der Waals surface area contributed by atoms with Gasteiger partial charge in [-0.2, -0.15) is 0 Å². The fraction of sp³-hybridized carbons (Fsp3) is 0.300. The molecule has 1 aliphatic heterocycles. The van der Waals surface area contributed by atoms with Crippen LogP contribution in [0, 0.1) is 0 Å². The highest BCUT2D eigenvalue weighted by Crippen LogP contribution is 2.28. The summed E-state index contributed by atoms with van der Waals surface area (Å²) in [6.07, 6.45) is 10.3. The number of benzene rings is 1. The lowest BCUT2D eigenvalue weighted by Crippen LogP contribution is -2.29. The number of aromatic nitrogens is 1. The van der Waals surface area contributed by atoms with Crippen molar-refractivity contribution in [1.82, 2.24) is 4.98 Å². The zero-order valence-corrected chi connectivity index (χ0v) is 13.6. The monoisotopic (exact) mass is 319 g/mol. The van der Waals surface area contributed by atoms with E-state index in [1.54, 1.807) is 6.20 Å². The van der Waals surface area contributed by atoms with Gasteiger partial charge in [0.05, 0.1) is 5.56 Å². The van der Waals surface area contributed by atoms with Crippen LogP contribution in [0.5, 0.6) is 0 Å². The van der Waals surface area contributed by atoms with Gasteiger partial charge < -0.3 is 10.2 Å². The Balaban J connectivity index is 1.47. The van der Waals surface area contributed by atoms with Gasteiger partial charge in [-0.15, -0.1) is 0 Å². The van der Waals surface area contributed by atoms with E-state index in [9.17, 15) is 4.79 Å². The number of anilines is 2. The van der Waals surface area contributed by atoms with Crippen molar-refractivity contribution < 1.29 is 4.79 Å². The molecule has 1 N–H and O–H groups in total. The summed E-state index contributed by atoms with van der Waals surface area (Å²) in [5, 5.41) is 3.44. The third kappa shape index (κ3) is 2.92. The lowest BCUT2D eigenvalue weighted by atomic mass is 10.0. The second-order valence-electron chi connectivity index (χ2n) is 6.39. The van der Waals surface area contributed by atoms with Crippen LogP contribution >= 0.6 is 0 Å². The van der Waals surface area contributed by atoms with Crippen molar-refractivity contribution in [3.8, 4) is 0 Å². The molecule has 24 heavy (non-hydrogen) atoms. The number of carbonyl (C=O) groups excluding carboxylic acids is 1. The molecule has 0 spiro atoms. The number of amides is 1. The number of allylic oxidation sites excluding steroid dienone is 1. The zero-order valence-electron chi connectivity index (χ0n) is 13.6. The Kier molecular flexibility index (Phi) is 4.03. The quantitative estimate of drug-likeness (QED) is 0.875. The van der Waals surface area contributed by atoms with Crippen LogP contribution in [0.3, 0.4) is 0 Å². The molecular weight excluding hydrogens is 298 g/mol. The van der Waals surface area contributed by atoms with Gasteiger partial charge in [-0.05, 0) is 49.4 Å². The summed E-state index contributed by atoms with van der Waals surface area (Å²) >= 11 is 0. The molecule has 4 rings (SSSR count). The van der Waals surface area contributed by atoms with Gasteiger partial charge in [-0.3, -0.25) is 4.79 Å². The first-order valence-corrected chi connectivity index (χ1v) is 8.58. The normalized spacial score (nSPS) is 19.2. The van der Waals surface area contributed by atoms with Crippen molar-refractivity contribution in [2.45, 2.75) is 31.7 Å². The van der Waals surface area contributed by atoms with E-state index in [0.717, 1.165) is 43.7 Å². The topological polar surface area (TPSA) is 45.2 Å². The third-order valence-electron chi connectivity index (χ3n) is 4.76. The summed E-state index contributed by atoms with van der Waals surface area (Å²) < 4.78 is 0. The molecule has 122 valence electrons. The lowest BCUT2D eigenvalue weighted by molar-refractivity contribution is 0.0989. The Morgan fingerprint density at radius 3 is 2.88 bits per heavy atom. The largest absolute Gasteiger partial charge is 0.367 e.